The lowest BCUT2D eigenvalue weighted by Gasteiger charge is -2.33. The lowest BCUT2D eigenvalue weighted by molar-refractivity contribution is 0.166. The summed E-state index contributed by atoms with van der Waals surface area (Å²) in [6, 6.07) is 6.87. The quantitative estimate of drug-likeness (QED) is 0.721. The highest BCUT2D eigenvalue weighted by Crippen LogP contribution is 2.29. The number of hydrogen-bond donors (Lipinski definition) is 2. The Hall–Kier alpha value is -1.40. The van der Waals surface area contributed by atoms with Gasteiger partial charge in [-0.3, -0.25) is 4.98 Å². The summed E-state index contributed by atoms with van der Waals surface area (Å²) in [7, 11) is -1.80. The van der Waals surface area contributed by atoms with Crippen LogP contribution in [0.5, 0.6) is 0 Å². The van der Waals surface area contributed by atoms with E-state index in [2.05, 4.69) is 31.1 Å². The number of nitrogens with zero attached hydrogens (tertiary/aromatic N) is 1. The maximum Gasteiger partial charge on any atom is 0.404 e. The molecule has 0 saturated carbocycles. The average Bonchev–Trinajstić information content (AvgIpc) is 2.49. The standard InChI is InChI=1S/C14H24N2O3Si/c1-4-20(5-2,6-3)19-13(11-16-14(17)18)12-8-7-9-15-10-12/h7-10,13,16H,4-6,11H2,1-3H3,(H,17,18)/t13-/m1/s1. The van der Waals surface area contributed by atoms with Gasteiger partial charge in [0, 0.05) is 12.4 Å². The number of carboxylic acid groups (broad SMARTS) is 1. The molecule has 6 heteroatoms. The summed E-state index contributed by atoms with van der Waals surface area (Å²) in [6.45, 7) is 6.73. The molecule has 2 N–H and O–H groups in total. The third-order valence-corrected chi connectivity index (χ3v) is 8.47. The number of aromatic nitrogens is 1. The molecule has 0 saturated heterocycles. The predicted octanol–water partition coefficient (Wildman–Crippen LogP) is 3.41. The number of nitrogens with one attached hydrogen (secondary N) is 1. The van der Waals surface area contributed by atoms with Crippen LogP contribution in [0.15, 0.2) is 24.5 Å². The zero-order valence-electron chi connectivity index (χ0n) is 12.4. The minimum Gasteiger partial charge on any atom is -0.465 e. The highest BCUT2D eigenvalue weighted by atomic mass is 28.4. The van der Waals surface area contributed by atoms with Gasteiger partial charge in [-0.25, -0.2) is 4.79 Å². The minimum absolute atomic E-state index is 0.258. The van der Waals surface area contributed by atoms with E-state index in [-0.39, 0.29) is 12.6 Å². The Bertz CT molecular complexity index is 402. The predicted molar refractivity (Wildman–Crippen MR) is 81.3 cm³/mol. The largest absolute Gasteiger partial charge is 0.465 e. The zero-order chi connectivity index (χ0) is 15.0. The lowest BCUT2D eigenvalue weighted by atomic mass is 10.2. The molecule has 0 radical (unpaired) electrons. The second kappa shape index (κ2) is 8.01. The van der Waals surface area contributed by atoms with Gasteiger partial charge in [0.25, 0.3) is 0 Å². The number of hydrogen-bond acceptors (Lipinski definition) is 3. The molecular weight excluding hydrogens is 272 g/mol. The molecule has 5 nitrogen and oxygen atoms in total. The van der Waals surface area contributed by atoms with Crippen LogP contribution in [0.2, 0.25) is 18.1 Å². The first kappa shape index (κ1) is 16.7. The molecule has 1 aromatic rings. The van der Waals surface area contributed by atoms with E-state index in [1.54, 1.807) is 12.4 Å². The third kappa shape index (κ3) is 4.61. The molecule has 1 heterocycles. The van der Waals surface area contributed by atoms with Gasteiger partial charge in [-0.1, -0.05) is 26.8 Å². The summed E-state index contributed by atoms with van der Waals surface area (Å²) < 4.78 is 6.40. The lowest BCUT2D eigenvalue weighted by Crippen LogP contribution is -2.40. The van der Waals surface area contributed by atoms with E-state index < -0.39 is 14.4 Å². The second-order valence-electron chi connectivity index (χ2n) is 4.82. The molecule has 1 rings (SSSR count). The molecule has 0 aromatic carbocycles. The maximum atomic E-state index is 10.7. The van der Waals surface area contributed by atoms with Crippen molar-refractivity contribution >= 4 is 14.4 Å². The summed E-state index contributed by atoms with van der Waals surface area (Å²) >= 11 is 0. The highest BCUT2D eigenvalue weighted by Gasteiger charge is 2.32. The third-order valence-electron chi connectivity index (χ3n) is 3.82. The molecular formula is C14H24N2O3Si. The van der Waals surface area contributed by atoms with Crippen molar-refractivity contribution in [3.8, 4) is 0 Å². The van der Waals surface area contributed by atoms with Crippen LogP contribution in [0, 0.1) is 0 Å². The number of amides is 1. The van der Waals surface area contributed by atoms with Crippen molar-refractivity contribution in [2.45, 2.75) is 45.0 Å². The van der Waals surface area contributed by atoms with Gasteiger partial charge in [-0.2, -0.15) is 0 Å². The van der Waals surface area contributed by atoms with E-state index in [1.165, 1.54) is 0 Å². The molecule has 0 aliphatic heterocycles. The fourth-order valence-electron chi connectivity index (χ4n) is 2.28. The molecule has 1 aromatic heterocycles. The van der Waals surface area contributed by atoms with Crippen LogP contribution in [-0.4, -0.2) is 31.0 Å². The Kier molecular flexibility index (Phi) is 6.67. The van der Waals surface area contributed by atoms with E-state index in [4.69, 9.17) is 9.53 Å². The Labute approximate surface area is 121 Å². The summed E-state index contributed by atoms with van der Waals surface area (Å²) in [5.74, 6) is 0. The Morgan fingerprint density at radius 1 is 1.40 bits per heavy atom. The van der Waals surface area contributed by atoms with Crippen molar-refractivity contribution < 1.29 is 14.3 Å². The van der Waals surface area contributed by atoms with Crippen LogP contribution in [0.3, 0.4) is 0 Å². The van der Waals surface area contributed by atoms with Gasteiger partial charge in [0.2, 0.25) is 0 Å². The van der Waals surface area contributed by atoms with Gasteiger partial charge in [-0.05, 0) is 29.8 Å². The summed E-state index contributed by atoms with van der Waals surface area (Å²) in [4.78, 5) is 14.8. The SMILES string of the molecule is CC[Si](CC)(CC)O[C@H](CNC(=O)O)c1cccnc1. The second-order valence-corrected chi connectivity index (χ2v) is 9.55. The van der Waals surface area contributed by atoms with Crippen LogP contribution in [0.25, 0.3) is 0 Å². The maximum absolute atomic E-state index is 10.7. The molecule has 112 valence electrons. The van der Waals surface area contributed by atoms with Crippen molar-refractivity contribution in [3.05, 3.63) is 30.1 Å². The van der Waals surface area contributed by atoms with Gasteiger partial charge in [0.05, 0.1) is 12.6 Å². The van der Waals surface area contributed by atoms with Crippen LogP contribution >= 0.6 is 0 Å². The highest BCUT2D eigenvalue weighted by molar-refractivity contribution is 6.73. The van der Waals surface area contributed by atoms with Crippen LogP contribution < -0.4 is 5.32 Å². The van der Waals surface area contributed by atoms with E-state index in [1.807, 2.05) is 12.1 Å². The Morgan fingerprint density at radius 3 is 2.50 bits per heavy atom. The van der Waals surface area contributed by atoms with Crippen LogP contribution in [0.1, 0.15) is 32.4 Å². The van der Waals surface area contributed by atoms with Crippen molar-refractivity contribution in [3.63, 3.8) is 0 Å². The molecule has 0 spiro atoms. The van der Waals surface area contributed by atoms with Crippen molar-refractivity contribution in [1.82, 2.24) is 10.3 Å². The van der Waals surface area contributed by atoms with E-state index >= 15 is 0 Å². The average molecular weight is 296 g/mol. The molecule has 1 atom stereocenters. The van der Waals surface area contributed by atoms with E-state index in [0.717, 1.165) is 23.7 Å². The van der Waals surface area contributed by atoms with E-state index in [9.17, 15) is 4.79 Å². The van der Waals surface area contributed by atoms with E-state index in [0.29, 0.717) is 0 Å². The van der Waals surface area contributed by atoms with Crippen LogP contribution in [-0.2, 0) is 4.43 Å². The Balaban J connectivity index is 2.90. The van der Waals surface area contributed by atoms with Crippen molar-refractivity contribution in [1.29, 1.82) is 0 Å². The van der Waals surface area contributed by atoms with Gasteiger partial charge < -0.3 is 14.8 Å². The van der Waals surface area contributed by atoms with Gasteiger partial charge >= 0.3 is 6.09 Å². The smallest absolute Gasteiger partial charge is 0.404 e. The molecule has 0 aliphatic rings. The summed E-state index contributed by atoms with van der Waals surface area (Å²) in [6.07, 6.45) is 2.16. The normalized spacial score (nSPS) is 12.9. The molecule has 1 amide bonds. The fraction of sp³-hybridized carbons (Fsp3) is 0.571. The topological polar surface area (TPSA) is 71.5 Å². The first-order chi connectivity index (χ1) is 9.56. The Morgan fingerprint density at radius 2 is 2.05 bits per heavy atom. The van der Waals surface area contributed by atoms with Crippen molar-refractivity contribution in [2.24, 2.45) is 0 Å². The molecule has 20 heavy (non-hydrogen) atoms. The fourth-order valence-corrected chi connectivity index (χ4v) is 5.10. The van der Waals surface area contributed by atoms with Gasteiger partial charge in [0.1, 0.15) is 0 Å². The number of pyridine rings is 1. The zero-order valence-corrected chi connectivity index (χ0v) is 13.4. The van der Waals surface area contributed by atoms with Gasteiger partial charge in [0.15, 0.2) is 8.32 Å². The minimum atomic E-state index is -1.80. The molecule has 0 aliphatic carbocycles. The first-order valence-electron chi connectivity index (χ1n) is 7.11. The molecule has 0 unspecified atom stereocenters. The summed E-state index contributed by atoms with van der Waals surface area (Å²) in [5.41, 5.74) is 0.925. The van der Waals surface area contributed by atoms with Gasteiger partial charge in [-0.15, -0.1) is 0 Å². The monoisotopic (exact) mass is 296 g/mol. The number of rotatable bonds is 8. The molecule has 0 bridgehead atoms. The number of carbonyl (C=O) groups is 1. The van der Waals surface area contributed by atoms with Crippen LogP contribution in [0.4, 0.5) is 4.79 Å². The first-order valence-corrected chi connectivity index (χ1v) is 9.64. The van der Waals surface area contributed by atoms with Crippen molar-refractivity contribution in [2.75, 3.05) is 6.54 Å². The molecule has 0 fully saturated rings. The summed E-state index contributed by atoms with van der Waals surface area (Å²) in [5, 5.41) is 11.2.